The number of nitriles is 1. The second kappa shape index (κ2) is 7.94. The van der Waals surface area contributed by atoms with Crippen LogP contribution in [-0.4, -0.2) is 27.7 Å². The number of methoxy groups -OCH3 is 1. The van der Waals surface area contributed by atoms with Crippen LogP contribution in [0.15, 0.2) is 35.1 Å². The number of fused-ring (bicyclic) bond motifs is 4. The van der Waals surface area contributed by atoms with E-state index < -0.39 is 5.82 Å². The molecule has 0 unspecified atom stereocenters. The van der Waals surface area contributed by atoms with Gasteiger partial charge in [0.15, 0.2) is 11.2 Å². The number of nitrogens with one attached hydrogen (secondary N) is 2. The Labute approximate surface area is 209 Å². The van der Waals surface area contributed by atoms with Crippen LogP contribution in [0, 0.1) is 17.1 Å². The van der Waals surface area contributed by atoms with Gasteiger partial charge >= 0.3 is 0 Å². The average Bonchev–Trinajstić information content (AvgIpc) is 3.15. The Hall–Kier alpha value is -3.63. The van der Waals surface area contributed by atoms with Gasteiger partial charge in [-0.25, -0.2) is 4.39 Å². The lowest BCUT2D eigenvalue weighted by molar-refractivity contribution is 0.296. The SMILES string of the molecule is COc1cc2c(=O)c3c4ccc(C#N)cc4[nH]c3n(C(C)C)c2c(F)c1C1=CC(C)(C)NC(C)(C)C1. The van der Waals surface area contributed by atoms with E-state index in [0.29, 0.717) is 45.2 Å². The molecular weight excluding hydrogens is 455 g/mol. The van der Waals surface area contributed by atoms with Gasteiger partial charge in [-0.2, -0.15) is 5.26 Å². The van der Waals surface area contributed by atoms with Crippen LogP contribution >= 0.6 is 0 Å². The minimum atomic E-state index is -0.465. The Bertz CT molecular complexity index is 1700. The summed E-state index contributed by atoms with van der Waals surface area (Å²) in [5.41, 5.74) is 2.32. The van der Waals surface area contributed by atoms with E-state index in [9.17, 15) is 10.1 Å². The van der Waals surface area contributed by atoms with Gasteiger partial charge in [0.25, 0.3) is 0 Å². The van der Waals surface area contributed by atoms with E-state index in [-0.39, 0.29) is 33.5 Å². The minimum absolute atomic E-state index is 0.148. The molecule has 0 bridgehead atoms. The number of nitrogens with zero attached hydrogens (tertiary/aromatic N) is 2. The second-order valence-corrected chi connectivity index (χ2v) is 11.3. The molecular formula is C29H31FN4O2. The molecule has 7 heteroatoms. The molecule has 0 aliphatic carbocycles. The van der Waals surface area contributed by atoms with Gasteiger partial charge in [0.05, 0.1) is 40.6 Å². The van der Waals surface area contributed by atoms with Crippen molar-refractivity contribution in [1.29, 1.82) is 5.26 Å². The third-order valence-electron chi connectivity index (χ3n) is 6.95. The van der Waals surface area contributed by atoms with Gasteiger partial charge in [0.2, 0.25) is 0 Å². The van der Waals surface area contributed by atoms with Crippen LogP contribution in [0.25, 0.3) is 38.4 Å². The minimum Gasteiger partial charge on any atom is -0.496 e. The first kappa shape index (κ1) is 24.1. The highest BCUT2D eigenvalue weighted by atomic mass is 19.1. The Morgan fingerprint density at radius 2 is 1.89 bits per heavy atom. The molecule has 3 heterocycles. The van der Waals surface area contributed by atoms with Crippen molar-refractivity contribution >= 4 is 38.4 Å². The second-order valence-electron chi connectivity index (χ2n) is 11.3. The predicted molar refractivity (Wildman–Crippen MR) is 143 cm³/mol. The smallest absolute Gasteiger partial charge is 0.199 e. The fourth-order valence-electron chi connectivity index (χ4n) is 5.99. The molecule has 4 aromatic rings. The van der Waals surface area contributed by atoms with Crippen LogP contribution in [0.5, 0.6) is 5.75 Å². The van der Waals surface area contributed by atoms with Crippen molar-refractivity contribution in [1.82, 2.24) is 14.9 Å². The third kappa shape index (κ3) is 3.59. The number of aromatic amines is 1. The van der Waals surface area contributed by atoms with Crippen molar-refractivity contribution in [3.8, 4) is 11.8 Å². The molecule has 2 aromatic carbocycles. The summed E-state index contributed by atoms with van der Waals surface area (Å²) in [5, 5.41) is 14.4. The monoisotopic (exact) mass is 486 g/mol. The summed E-state index contributed by atoms with van der Waals surface area (Å²) in [7, 11) is 1.51. The van der Waals surface area contributed by atoms with Crippen molar-refractivity contribution in [2.45, 2.75) is 65.1 Å². The lowest BCUT2D eigenvalue weighted by Crippen LogP contribution is -2.53. The maximum atomic E-state index is 16.7. The molecule has 0 saturated heterocycles. The number of hydrogen-bond acceptors (Lipinski definition) is 4. The quantitative estimate of drug-likeness (QED) is 0.363. The molecule has 0 radical (unpaired) electrons. The molecule has 5 rings (SSSR count). The number of H-pyrrole nitrogens is 1. The highest BCUT2D eigenvalue weighted by Crippen LogP contribution is 2.42. The molecule has 1 aliphatic heterocycles. The highest BCUT2D eigenvalue weighted by molar-refractivity contribution is 6.10. The van der Waals surface area contributed by atoms with Gasteiger partial charge in [-0.05, 0) is 71.7 Å². The maximum Gasteiger partial charge on any atom is 0.199 e. The zero-order valence-corrected chi connectivity index (χ0v) is 21.8. The normalized spacial score (nSPS) is 17.1. The summed E-state index contributed by atoms with van der Waals surface area (Å²) < 4.78 is 24.3. The molecule has 0 spiro atoms. The number of hydrogen-bond donors (Lipinski definition) is 2. The molecule has 0 atom stereocenters. The van der Waals surface area contributed by atoms with Crippen molar-refractivity contribution in [3.63, 3.8) is 0 Å². The van der Waals surface area contributed by atoms with E-state index in [1.54, 1.807) is 24.3 Å². The molecule has 2 N–H and O–H groups in total. The standard InChI is InChI=1S/C29H31FN4O2/c1-15(2)34-25-19(26(35)23-18-9-8-16(14-31)10-20(18)32-27(23)34)11-21(36-7)22(24(25)30)17-12-28(3,4)33-29(5,6)13-17/h8-12,15,32-33H,13H2,1-7H3. The summed E-state index contributed by atoms with van der Waals surface area (Å²) >= 11 is 0. The lowest BCUT2D eigenvalue weighted by atomic mass is 9.80. The average molecular weight is 487 g/mol. The summed E-state index contributed by atoms with van der Waals surface area (Å²) in [6.07, 6.45) is 2.65. The van der Waals surface area contributed by atoms with Crippen LogP contribution in [0.3, 0.4) is 0 Å². The number of pyridine rings is 1. The third-order valence-corrected chi connectivity index (χ3v) is 6.95. The summed E-state index contributed by atoms with van der Waals surface area (Å²) in [4.78, 5) is 17.2. The van der Waals surface area contributed by atoms with Crippen molar-refractivity contribution in [2.75, 3.05) is 7.11 Å². The van der Waals surface area contributed by atoms with Crippen LogP contribution in [0.4, 0.5) is 4.39 Å². The lowest BCUT2D eigenvalue weighted by Gasteiger charge is -2.41. The Morgan fingerprint density at radius 1 is 1.17 bits per heavy atom. The Kier molecular flexibility index (Phi) is 5.31. The summed E-state index contributed by atoms with van der Waals surface area (Å²) in [6, 6.07) is 8.85. The van der Waals surface area contributed by atoms with E-state index >= 15 is 4.39 Å². The zero-order valence-electron chi connectivity index (χ0n) is 21.8. The van der Waals surface area contributed by atoms with Gasteiger partial charge in [0.1, 0.15) is 11.4 Å². The first-order valence-electron chi connectivity index (χ1n) is 12.2. The van der Waals surface area contributed by atoms with E-state index in [1.807, 2.05) is 24.5 Å². The van der Waals surface area contributed by atoms with Gasteiger partial charge in [-0.1, -0.05) is 12.1 Å². The van der Waals surface area contributed by atoms with E-state index in [4.69, 9.17) is 4.74 Å². The van der Waals surface area contributed by atoms with E-state index in [2.05, 4.69) is 44.1 Å². The number of aromatic nitrogens is 2. The van der Waals surface area contributed by atoms with Crippen LogP contribution in [0.2, 0.25) is 0 Å². The predicted octanol–water partition coefficient (Wildman–Crippen LogP) is 6.17. The molecule has 0 saturated carbocycles. The van der Waals surface area contributed by atoms with Crippen molar-refractivity contribution < 1.29 is 9.13 Å². The fraction of sp³-hybridized carbons (Fsp3) is 0.379. The molecule has 0 amide bonds. The topological polar surface area (TPSA) is 82.8 Å². The number of rotatable bonds is 3. The van der Waals surface area contributed by atoms with Crippen molar-refractivity contribution in [2.24, 2.45) is 0 Å². The molecule has 2 aromatic heterocycles. The first-order chi connectivity index (χ1) is 16.9. The number of ether oxygens (including phenoxy) is 1. The van der Waals surface area contributed by atoms with Gasteiger partial charge in [0, 0.05) is 28.0 Å². The maximum absolute atomic E-state index is 16.7. The van der Waals surface area contributed by atoms with E-state index in [1.165, 1.54) is 7.11 Å². The number of benzene rings is 2. The Balaban J connectivity index is 1.96. The zero-order chi connectivity index (χ0) is 26.2. The first-order valence-corrected chi connectivity index (χ1v) is 12.2. The molecule has 0 fully saturated rings. The van der Waals surface area contributed by atoms with Gasteiger partial charge in [-0.3, -0.25) is 4.79 Å². The van der Waals surface area contributed by atoms with Gasteiger partial charge < -0.3 is 19.6 Å². The largest absolute Gasteiger partial charge is 0.496 e. The molecule has 36 heavy (non-hydrogen) atoms. The van der Waals surface area contributed by atoms with Gasteiger partial charge in [-0.15, -0.1) is 0 Å². The number of halogens is 1. The van der Waals surface area contributed by atoms with Crippen LogP contribution in [-0.2, 0) is 0 Å². The van der Waals surface area contributed by atoms with E-state index in [0.717, 1.165) is 5.57 Å². The Morgan fingerprint density at radius 3 is 2.50 bits per heavy atom. The molecule has 186 valence electrons. The fourth-order valence-corrected chi connectivity index (χ4v) is 5.99. The summed E-state index contributed by atoms with van der Waals surface area (Å²) in [5.74, 6) is -0.119. The molecule has 6 nitrogen and oxygen atoms in total. The summed E-state index contributed by atoms with van der Waals surface area (Å²) in [6.45, 7) is 12.3. The molecule has 1 aliphatic rings. The van der Waals surface area contributed by atoms with Crippen molar-refractivity contribution in [3.05, 3.63) is 57.5 Å². The van der Waals surface area contributed by atoms with Crippen LogP contribution in [0.1, 0.15) is 65.1 Å². The van der Waals surface area contributed by atoms with Crippen LogP contribution < -0.4 is 15.5 Å². The highest BCUT2D eigenvalue weighted by Gasteiger charge is 2.35.